The van der Waals surface area contributed by atoms with Gasteiger partial charge in [0.2, 0.25) is 0 Å². The summed E-state index contributed by atoms with van der Waals surface area (Å²) in [6.45, 7) is 4.59. The average molecular weight is 252 g/mol. The van der Waals surface area contributed by atoms with Gasteiger partial charge in [0.15, 0.2) is 5.82 Å². The molecule has 19 heavy (non-hydrogen) atoms. The van der Waals surface area contributed by atoms with E-state index < -0.39 is 0 Å². The molecule has 3 fully saturated rings. The number of nitrogens with zero attached hydrogens (tertiary/aromatic N) is 4. The molecular formula is C15H16N4. The Hall–Kier alpha value is -1.94. The van der Waals surface area contributed by atoms with E-state index in [2.05, 4.69) is 44.3 Å². The molecule has 0 spiro atoms. The van der Waals surface area contributed by atoms with Crippen LogP contribution in [0.5, 0.6) is 0 Å². The molecule has 1 aromatic carbocycles. The van der Waals surface area contributed by atoms with Crippen LogP contribution in [0.15, 0.2) is 42.5 Å². The highest BCUT2D eigenvalue weighted by Crippen LogP contribution is 2.26. The maximum absolute atomic E-state index is 4.41. The molecule has 0 unspecified atom stereocenters. The molecule has 4 heterocycles. The summed E-state index contributed by atoms with van der Waals surface area (Å²) in [5, 5.41) is 8.78. The summed E-state index contributed by atoms with van der Waals surface area (Å²) in [7, 11) is 0. The molecule has 4 heteroatoms. The molecule has 0 amide bonds. The molecular weight excluding hydrogens is 236 g/mol. The monoisotopic (exact) mass is 252 g/mol. The van der Waals surface area contributed by atoms with Gasteiger partial charge < -0.3 is 4.90 Å². The van der Waals surface area contributed by atoms with E-state index in [0.717, 1.165) is 30.2 Å². The quantitative estimate of drug-likeness (QED) is 0.813. The van der Waals surface area contributed by atoms with Crippen molar-refractivity contribution in [3.05, 3.63) is 42.5 Å². The van der Waals surface area contributed by atoms with Gasteiger partial charge in [-0.3, -0.25) is 4.90 Å². The molecule has 3 aliphatic rings. The first-order chi connectivity index (χ1) is 9.40. The van der Waals surface area contributed by atoms with E-state index in [9.17, 15) is 0 Å². The van der Waals surface area contributed by atoms with Crippen molar-refractivity contribution in [2.45, 2.75) is 6.04 Å². The summed E-state index contributed by atoms with van der Waals surface area (Å²) in [5.41, 5.74) is 2.06. The van der Waals surface area contributed by atoms with Crippen LogP contribution in [0.25, 0.3) is 11.3 Å². The van der Waals surface area contributed by atoms with E-state index in [1.165, 1.54) is 13.1 Å². The zero-order valence-corrected chi connectivity index (χ0v) is 10.7. The number of aromatic nitrogens is 2. The fourth-order valence-electron chi connectivity index (χ4n) is 2.90. The molecule has 0 N–H and O–H groups in total. The first kappa shape index (κ1) is 10.9. The zero-order valence-electron chi connectivity index (χ0n) is 10.7. The summed E-state index contributed by atoms with van der Waals surface area (Å²) in [6, 6.07) is 15.0. The average Bonchev–Trinajstić information content (AvgIpc) is 2.48. The third-order valence-electron chi connectivity index (χ3n) is 4.05. The van der Waals surface area contributed by atoms with Crippen molar-refractivity contribution in [2.75, 3.05) is 31.1 Å². The Bertz CT molecular complexity index is 558. The van der Waals surface area contributed by atoms with Gasteiger partial charge in [-0.25, -0.2) is 0 Å². The summed E-state index contributed by atoms with van der Waals surface area (Å²) in [5.74, 6) is 1.02. The number of benzene rings is 1. The molecule has 2 aromatic rings. The smallest absolute Gasteiger partial charge is 0.151 e. The van der Waals surface area contributed by atoms with Crippen molar-refractivity contribution in [3.63, 3.8) is 0 Å². The Balaban J connectivity index is 1.59. The first-order valence-corrected chi connectivity index (χ1v) is 6.78. The van der Waals surface area contributed by atoms with Gasteiger partial charge in [-0.2, -0.15) is 0 Å². The number of hydrogen-bond acceptors (Lipinski definition) is 4. The summed E-state index contributed by atoms with van der Waals surface area (Å²) in [6.07, 6.45) is 0. The van der Waals surface area contributed by atoms with Gasteiger partial charge in [0.05, 0.1) is 11.7 Å². The minimum atomic E-state index is 0.644. The highest BCUT2D eigenvalue weighted by Gasteiger charge is 2.37. The van der Waals surface area contributed by atoms with Crippen LogP contribution in [0.2, 0.25) is 0 Å². The second kappa shape index (κ2) is 4.31. The van der Waals surface area contributed by atoms with E-state index in [-0.39, 0.29) is 0 Å². The lowest BCUT2D eigenvalue weighted by atomic mass is 10.0. The van der Waals surface area contributed by atoms with E-state index in [1.807, 2.05) is 18.2 Å². The molecule has 3 aliphatic heterocycles. The van der Waals surface area contributed by atoms with Crippen molar-refractivity contribution in [1.29, 1.82) is 0 Å². The van der Waals surface area contributed by atoms with Gasteiger partial charge in [-0.1, -0.05) is 30.3 Å². The molecule has 1 aromatic heterocycles. The van der Waals surface area contributed by atoms with Crippen LogP contribution in [-0.2, 0) is 0 Å². The first-order valence-electron chi connectivity index (χ1n) is 6.78. The SMILES string of the molecule is c1ccc(-c2ccc(N3CCN4CC3C4)nn2)cc1. The maximum atomic E-state index is 4.41. The van der Waals surface area contributed by atoms with Crippen LogP contribution in [0.1, 0.15) is 0 Å². The molecule has 4 nitrogen and oxygen atoms in total. The molecule has 3 saturated heterocycles. The lowest BCUT2D eigenvalue weighted by Crippen LogP contribution is -2.66. The second-order valence-electron chi connectivity index (χ2n) is 5.25. The molecule has 0 atom stereocenters. The molecule has 0 aliphatic carbocycles. The van der Waals surface area contributed by atoms with Crippen LogP contribution in [0.3, 0.4) is 0 Å². The molecule has 96 valence electrons. The molecule has 0 radical (unpaired) electrons. The Morgan fingerprint density at radius 1 is 0.895 bits per heavy atom. The van der Waals surface area contributed by atoms with Crippen LogP contribution in [0, 0.1) is 0 Å². The normalized spacial score (nSPS) is 24.9. The van der Waals surface area contributed by atoms with Crippen LogP contribution in [0.4, 0.5) is 5.82 Å². The van der Waals surface area contributed by atoms with E-state index >= 15 is 0 Å². The Kier molecular flexibility index (Phi) is 2.48. The lowest BCUT2D eigenvalue weighted by Gasteiger charge is -2.51. The predicted octanol–water partition coefficient (Wildman–Crippen LogP) is 1.65. The van der Waals surface area contributed by atoms with Crippen LogP contribution >= 0.6 is 0 Å². The standard InChI is InChI=1S/C15H16N4/c1-2-4-12(5-3-1)14-6-7-15(17-16-14)19-9-8-18-10-13(19)11-18/h1-7,13H,8-11H2. The van der Waals surface area contributed by atoms with Gasteiger partial charge in [0.1, 0.15) is 0 Å². The lowest BCUT2D eigenvalue weighted by molar-refractivity contribution is 0.109. The van der Waals surface area contributed by atoms with Gasteiger partial charge >= 0.3 is 0 Å². The van der Waals surface area contributed by atoms with Crippen LogP contribution in [-0.4, -0.2) is 47.3 Å². The van der Waals surface area contributed by atoms with Crippen molar-refractivity contribution in [3.8, 4) is 11.3 Å². The van der Waals surface area contributed by atoms with Crippen molar-refractivity contribution in [2.24, 2.45) is 0 Å². The van der Waals surface area contributed by atoms with Crippen molar-refractivity contribution in [1.82, 2.24) is 15.1 Å². The highest BCUT2D eigenvalue weighted by molar-refractivity contribution is 5.59. The molecule has 5 rings (SSSR count). The van der Waals surface area contributed by atoms with E-state index in [1.54, 1.807) is 0 Å². The zero-order chi connectivity index (χ0) is 12.7. The van der Waals surface area contributed by atoms with Crippen LogP contribution < -0.4 is 4.90 Å². The minimum absolute atomic E-state index is 0.644. The minimum Gasteiger partial charge on any atom is -0.348 e. The van der Waals surface area contributed by atoms with Gasteiger partial charge in [0.25, 0.3) is 0 Å². The number of rotatable bonds is 2. The van der Waals surface area contributed by atoms with Crippen molar-refractivity contribution < 1.29 is 0 Å². The third-order valence-corrected chi connectivity index (χ3v) is 4.05. The summed E-state index contributed by atoms with van der Waals surface area (Å²) in [4.78, 5) is 4.87. The Labute approximate surface area is 112 Å². The summed E-state index contributed by atoms with van der Waals surface area (Å²) < 4.78 is 0. The predicted molar refractivity (Wildman–Crippen MR) is 75.0 cm³/mol. The third kappa shape index (κ3) is 1.88. The van der Waals surface area contributed by atoms with Gasteiger partial charge in [-0.15, -0.1) is 10.2 Å². The van der Waals surface area contributed by atoms with Crippen molar-refractivity contribution >= 4 is 5.82 Å². The number of piperazine rings is 2. The van der Waals surface area contributed by atoms with Gasteiger partial charge in [0, 0.05) is 31.7 Å². The van der Waals surface area contributed by atoms with E-state index in [0.29, 0.717) is 6.04 Å². The summed E-state index contributed by atoms with van der Waals surface area (Å²) >= 11 is 0. The Morgan fingerprint density at radius 2 is 1.74 bits per heavy atom. The largest absolute Gasteiger partial charge is 0.348 e. The van der Waals surface area contributed by atoms with Gasteiger partial charge in [-0.05, 0) is 12.1 Å². The Morgan fingerprint density at radius 3 is 2.37 bits per heavy atom. The number of hydrogen-bond donors (Lipinski definition) is 0. The maximum Gasteiger partial charge on any atom is 0.151 e. The highest BCUT2D eigenvalue weighted by atomic mass is 15.4. The number of fused-ring (bicyclic) bond motifs is 2. The fraction of sp³-hybridized carbons (Fsp3) is 0.333. The number of anilines is 1. The second-order valence-corrected chi connectivity index (χ2v) is 5.25. The molecule has 0 saturated carbocycles. The topological polar surface area (TPSA) is 32.3 Å². The van der Waals surface area contributed by atoms with E-state index in [4.69, 9.17) is 0 Å². The fourth-order valence-corrected chi connectivity index (χ4v) is 2.90. The molecule has 2 bridgehead atoms.